The summed E-state index contributed by atoms with van der Waals surface area (Å²) >= 11 is 0. The van der Waals surface area contributed by atoms with Crippen LogP contribution in [0.1, 0.15) is 46.1 Å². The number of nitriles is 1. The van der Waals surface area contributed by atoms with Crippen molar-refractivity contribution in [2.45, 2.75) is 52.7 Å². The molecule has 31 heavy (non-hydrogen) atoms. The Labute approximate surface area is 182 Å². The summed E-state index contributed by atoms with van der Waals surface area (Å²) in [5.41, 5.74) is 0.624. The van der Waals surface area contributed by atoms with Crippen LogP contribution in [0.5, 0.6) is 5.88 Å². The van der Waals surface area contributed by atoms with Crippen molar-refractivity contribution in [1.82, 2.24) is 14.7 Å². The van der Waals surface area contributed by atoms with Crippen molar-refractivity contribution in [2.24, 2.45) is 5.92 Å². The molecule has 1 atom stereocenters. The number of carbonyl (C=O) groups is 1. The molecule has 1 aliphatic heterocycles. The maximum Gasteiger partial charge on any atom is 0.410 e. The van der Waals surface area contributed by atoms with E-state index in [-0.39, 0.29) is 17.6 Å². The van der Waals surface area contributed by atoms with Crippen molar-refractivity contribution in [1.29, 1.82) is 5.26 Å². The Bertz CT molecular complexity index is 974. The molecule has 166 valence electrons. The zero-order chi connectivity index (χ0) is 22.6. The van der Waals surface area contributed by atoms with E-state index in [2.05, 4.69) is 5.10 Å². The van der Waals surface area contributed by atoms with Gasteiger partial charge in [-0.3, -0.25) is 0 Å². The molecule has 1 aromatic carbocycles. The molecule has 1 saturated heterocycles. The number of rotatable bonds is 5. The molecule has 2 aromatic rings. The monoisotopic (exact) mass is 428 g/mol. The largest absolute Gasteiger partial charge is 0.478 e. The quantitative estimate of drug-likeness (QED) is 0.695. The third-order valence-corrected chi connectivity index (χ3v) is 5.02. The van der Waals surface area contributed by atoms with Gasteiger partial charge in [-0.2, -0.15) is 10.4 Å². The molecule has 3 rings (SSSR count). The highest BCUT2D eigenvalue weighted by atomic mass is 19.1. The van der Waals surface area contributed by atoms with Gasteiger partial charge in [-0.25, -0.2) is 13.9 Å². The van der Waals surface area contributed by atoms with Crippen LogP contribution in [-0.4, -0.2) is 46.1 Å². The molecule has 1 unspecified atom stereocenters. The molecule has 1 aromatic heterocycles. The number of halogens is 1. The van der Waals surface area contributed by atoms with Gasteiger partial charge in [0.1, 0.15) is 17.5 Å². The topological polar surface area (TPSA) is 80.4 Å². The van der Waals surface area contributed by atoms with Gasteiger partial charge < -0.3 is 14.4 Å². The summed E-state index contributed by atoms with van der Waals surface area (Å²) in [5.74, 6) is 0.218. The van der Waals surface area contributed by atoms with Gasteiger partial charge in [-0.1, -0.05) is 6.07 Å². The maximum absolute atomic E-state index is 14.1. The van der Waals surface area contributed by atoms with Crippen molar-refractivity contribution in [3.8, 4) is 23.2 Å². The highest BCUT2D eigenvalue weighted by molar-refractivity contribution is 5.68. The van der Waals surface area contributed by atoms with Gasteiger partial charge >= 0.3 is 6.09 Å². The summed E-state index contributed by atoms with van der Waals surface area (Å²) in [6.07, 6.45) is 1.56. The molecule has 2 heterocycles. The summed E-state index contributed by atoms with van der Waals surface area (Å²) in [6, 6.07) is 8.04. The molecule has 1 amide bonds. The van der Waals surface area contributed by atoms with E-state index >= 15 is 0 Å². The van der Waals surface area contributed by atoms with E-state index in [1.54, 1.807) is 21.7 Å². The second-order valence-electron chi connectivity index (χ2n) is 8.72. The summed E-state index contributed by atoms with van der Waals surface area (Å²) < 4.78 is 27.1. The summed E-state index contributed by atoms with van der Waals surface area (Å²) in [4.78, 5) is 14.2. The number of hydrogen-bond donors (Lipinski definition) is 0. The third kappa shape index (κ3) is 5.75. The van der Waals surface area contributed by atoms with E-state index in [0.717, 1.165) is 12.8 Å². The van der Waals surface area contributed by atoms with Crippen molar-refractivity contribution in [2.75, 3.05) is 19.7 Å². The Kier molecular flexibility index (Phi) is 6.84. The highest BCUT2D eigenvalue weighted by Crippen LogP contribution is 2.28. The normalized spacial score (nSPS) is 16.6. The molecule has 1 fully saturated rings. The summed E-state index contributed by atoms with van der Waals surface area (Å²) in [5, 5.41) is 13.6. The number of aromatic nitrogens is 2. The van der Waals surface area contributed by atoms with Crippen LogP contribution in [0.25, 0.3) is 11.3 Å². The minimum absolute atomic E-state index is 0.00217. The van der Waals surface area contributed by atoms with Gasteiger partial charge in [0.15, 0.2) is 0 Å². The first-order valence-electron chi connectivity index (χ1n) is 10.6. The fourth-order valence-electron chi connectivity index (χ4n) is 3.65. The van der Waals surface area contributed by atoms with E-state index in [1.807, 2.05) is 33.8 Å². The number of likely N-dealkylation sites (tertiary alicyclic amines) is 1. The minimum atomic E-state index is -0.576. The zero-order valence-corrected chi connectivity index (χ0v) is 18.5. The molecule has 0 aliphatic carbocycles. The van der Waals surface area contributed by atoms with Gasteiger partial charge in [0, 0.05) is 31.3 Å². The number of hydrogen-bond acceptors (Lipinski definition) is 5. The average molecular weight is 429 g/mol. The first-order chi connectivity index (χ1) is 14.7. The predicted molar refractivity (Wildman–Crippen MR) is 114 cm³/mol. The van der Waals surface area contributed by atoms with Crippen LogP contribution >= 0.6 is 0 Å². The molecule has 0 saturated carbocycles. The number of nitrogens with zero attached hydrogens (tertiary/aromatic N) is 4. The lowest BCUT2D eigenvalue weighted by atomic mass is 9.98. The minimum Gasteiger partial charge on any atom is -0.478 e. The summed E-state index contributed by atoms with van der Waals surface area (Å²) in [7, 11) is 0. The number of carbonyl (C=O) groups excluding carboxylic acids is 1. The van der Waals surface area contributed by atoms with Crippen molar-refractivity contribution in [3.63, 3.8) is 0 Å². The van der Waals surface area contributed by atoms with E-state index in [1.165, 1.54) is 12.1 Å². The molecule has 0 N–H and O–H groups in total. The van der Waals surface area contributed by atoms with Crippen LogP contribution in [0, 0.1) is 23.1 Å². The van der Waals surface area contributed by atoms with Gasteiger partial charge in [0.2, 0.25) is 5.88 Å². The van der Waals surface area contributed by atoms with E-state index in [0.29, 0.717) is 43.4 Å². The SMILES string of the molecule is CCOc1cc(-c2ccc(C#N)c(F)c2)nn1CC1CCCN(C(=O)OC(C)(C)C)C1. The van der Waals surface area contributed by atoms with Crippen molar-refractivity contribution < 1.29 is 18.7 Å². The lowest BCUT2D eigenvalue weighted by Crippen LogP contribution is -2.43. The Hall–Kier alpha value is -3.08. The predicted octanol–water partition coefficient (Wildman–Crippen LogP) is 4.61. The molecule has 7 nitrogen and oxygen atoms in total. The second-order valence-corrected chi connectivity index (χ2v) is 8.72. The molecule has 0 bridgehead atoms. The zero-order valence-electron chi connectivity index (χ0n) is 18.5. The van der Waals surface area contributed by atoms with E-state index in [4.69, 9.17) is 14.7 Å². The maximum atomic E-state index is 14.1. The number of benzene rings is 1. The number of amides is 1. The molecule has 0 spiro atoms. The first kappa shape index (κ1) is 22.6. The van der Waals surface area contributed by atoms with Crippen LogP contribution in [-0.2, 0) is 11.3 Å². The molecular formula is C23H29FN4O3. The van der Waals surface area contributed by atoms with Gasteiger partial charge in [-0.15, -0.1) is 0 Å². The van der Waals surface area contributed by atoms with Crippen LogP contribution in [0.4, 0.5) is 9.18 Å². The van der Waals surface area contributed by atoms with Gasteiger partial charge in [-0.05, 0) is 58.6 Å². The average Bonchev–Trinajstić information content (AvgIpc) is 3.09. The summed E-state index contributed by atoms with van der Waals surface area (Å²) in [6.45, 7) is 9.78. The molecule has 8 heteroatoms. The van der Waals surface area contributed by atoms with Crippen LogP contribution in [0.3, 0.4) is 0 Å². The first-order valence-corrected chi connectivity index (χ1v) is 10.6. The van der Waals surface area contributed by atoms with Crippen LogP contribution < -0.4 is 4.74 Å². The molecule has 1 aliphatic rings. The number of piperidine rings is 1. The standard InChI is InChI=1S/C23H29FN4O3/c1-5-30-21-12-20(17-8-9-18(13-25)19(24)11-17)26-28(21)15-16-7-6-10-27(14-16)22(29)31-23(2,3)4/h8-9,11-12,16H,5-7,10,14-15H2,1-4H3. The lowest BCUT2D eigenvalue weighted by Gasteiger charge is -2.34. The van der Waals surface area contributed by atoms with E-state index in [9.17, 15) is 9.18 Å². The fraction of sp³-hybridized carbons (Fsp3) is 0.522. The van der Waals surface area contributed by atoms with Crippen LogP contribution in [0.2, 0.25) is 0 Å². The smallest absolute Gasteiger partial charge is 0.410 e. The van der Waals surface area contributed by atoms with Crippen molar-refractivity contribution in [3.05, 3.63) is 35.6 Å². The Morgan fingerprint density at radius 3 is 2.77 bits per heavy atom. The van der Waals surface area contributed by atoms with Crippen LogP contribution in [0.15, 0.2) is 24.3 Å². The highest BCUT2D eigenvalue weighted by Gasteiger charge is 2.28. The van der Waals surface area contributed by atoms with Gasteiger partial charge in [0.25, 0.3) is 0 Å². The molecule has 0 radical (unpaired) electrons. The Morgan fingerprint density at radius 2 is 2.13 bits per heavy atom. The van der Waals surface area contributed by atoms with Crippen molar-refractivity contribution >= 4 is 6.09 Å². The van der Waals surface area contributed by atoms with E-state index < -0.39 is 11.4 Å². The lowest BCUT2D eigenvalue weighted by molar-refractivity contribution is 0.0154. The molecular weight excluding hydrogens is 399 g/mol. The third-order valence-electron chi connectivity index (χ3n) is 5.02. The number of ether oxygens (including phenoxy) is 2. The Morgan fingerprint density at radius 1 is 1.35 bits per heavy atom. The fourth-order valence-corrected chi connectivity index (χ4v) is 3.65. The Balaban J connectivity index is 1.77. The van der Waals surface area contributed by atoms with Gasteiger partial charge in [0.05, 0.1) is 17.9 Å². The second kappa shape index (κ2) is 9.38.